The quantitative estimate of drug-likeness (QED) is 0.308. The number of carboxylic acid groups (broad SMARTS) is 1. The molecule has 0 aromatic rings. The molecule has 1 saturated heterocycles. The van der Waals surface area contributed by atoms with E-state index in [-0.39, 0.29) is 11.8 Å². The summed E-state index contributed by atoms with van der Waals surface area (Å²) in [6, 6.07) is -3.98. The Morgan fingerprint density at radius 3 is 2.24 bits per heavy atom. The summed E-state index contributed by atoms with van der Waals surface area (Å²) in [4.78, 5) is 50.4. The van der Waals surface area contributed by atoms with Gasteiger partial charge in [0.25, 0.3) is 0 Å². The van der Waals surface area contributed by atoms with Crippen LogP contribution < -0.4 is 16.4 Å². The van der Waals surface area contributed by atoms with Crippen LogP contribution in [-0.4, -0.2) is 76.1 Å². The average Bonchev–Trinajstić information content (AvgIpc) is 3.17. The largest absolute Gasteiger partial charge is 0.480 e. The highest BCUT2D eigenvalue weighted by Crippen LogP contribution is 2.20. The fourth-order valence-corrected chi connectivity index (χ4v) is 3.21. The highest BCUT2D eigenvalue weighted by Gasteiger charge is 2.39. The molecule has 1 fully saturated rings. The summed E-state index contributed by atoms with van der Waals surface area (Å²) >= 11 is 0. The fraction of sp³-hybridized carbons (Fsp3) is 0.789. The van der Waals surface area contributed by atoms with Gasteiger partial charge < -0.3 is 31.5 Å². The van der Waals surface area contributed by atoms with Crippen molar-refractivity contribution in [2.24, 2.45) is 17.6 Å². The smallest absolute Gasteiger partial charge is 0.326 e. The molecule has 5 unspecified atom stereocenters. The Labute approximate surface area is 171 Å². The number of carbonyl (C=O) groups excluding carboxylic acids is 3. The van der Waals surface area contributed by atoms with Crippen LogP contribution >= 0.6 is 0 Å². The summed E-state index contributed by atoms with van der Waals surface area (Å²) < 4.78 is 0. The molecule has 5 atom stereocenters. The average molecular weight is 415 g/mol. The summed E-state index contributed by atoms with van der Waals surface area (Å²) in [5, 5.41) is 23.8. The van der Waals surface area contributed by atoms with E-state index in [1.165, 1.54) is 4.90 Å². The number of aliphatic hydroxyl groups excluding tert-OH is 1. The predicted molar refractivity (Wildman–Crippen MR) is 106 cm³/mol. The molecule has 1 rings (SSSR count). The second-order valence-electron chi connectivity index (χ2n) is 7.91. The van der Waals surface area contributed by atoms with Crippen molar-refractivity contribution in [2.75, 3.05) is 13.2 Å². The zero-order valence-corrected chi connectivity index (χ0v) is 17.6. The first-order valence-corrected chi connectivity index (χ1v) is 10.1. The number of aliphatic hydroxyl groups is 1. The number of rotatable bonds is 10. The van der Waals surface area contributed by atoms with E-state index >= 15 is 0 Å². The first-order chi connectivity index (χ1) is 13.5. The van der Waals surface area contributed by atoms with Crippen LogP contribution in [0.5, 0.6) is 0 Å². The Morgan fingerprint density at radius 1 is 1.14 bits per heavy atom. The van der Waals surface area contributed by atoms with Gasteiger partial charge in [0.2, 0.25) is 17.7 Å². The lowest BCUT2D eigenvalue weighted by atomic mass is 9.99. The molecule has 1 heterocycles. The molecular weight excluding hydrogens is 380 g/mol. The fourth-order valence-electron chi connectivity index (χ4n) is 3.21. The molecule has 3 amide bonds. The molecule has 10 heteroatoms. The highest BCUT2D eigenvalue weighted by atomic mass is 16.4. The summed E-state index contributed by atoms with van der Waals surface area (Å²) in [6.45, 7) is 6.78. The molecule has 0 saturated carbocycles. The van der Waals surface area contributed by atoms with Crippen molar-refractivity contribution in [1.82, 2.24) is 15.5 Å². The normalized spacial score (nSPS) is 20.7. The van der Waals surface area contributed by atoms with E-state index in [0.717, 1.165) is 0 Å². The second-order valence-corrected chi connectivity index (χ2v) is 7.91. The van der Waals surface area contributed by atoms with Crippen molar-refractivity contribution in [2.45, 2.75) is 71.1 Å². The van der Waals surface area contributed by atoms with Crippen molar-refractivity contribution in [3.63, 3.8) is 0 Å². The zero-order valence-electron chi connectivity index (χ0n) is 17.6. The minimum Gasteiger partial charge on any atom is -0.480 e. The lowest BCUT2D eigenvalue weighted by molar-refractivity contribution is -0.150. The van der Waals surface area contributed by atoms with Crippen LogP contribution in [0.1, 0.15) is 47.0 Å². The first kappa shape index (κ1) is 24.8. The Bertz CT molecular complexity index is 612. The molecule has 6 N–H and O–H groups in total. The van der Waals surface area contributed by atoms with Gasteiger partial charge in [-0.2, -0.15) is 0 Å². The van der Waals surface area contributed by atoms with E-state index in [2.05, 4.69) is 10.6 Å². The van der Waals surface area contributed by atoms with Gasteiger partial charge in [0.15, 0.2) is 0 Å². The SMILES string of the molecule is CCC(C)C(N)C(=O)NC(CO)C(=O)NC(C(=O)N1CCCC1C(=O)O)C(C)C. The summed E-state index contributed by atoms with van der Waals surface area (Å²) in [6.07, 6.45) is 1.61. The van der Waals surface area contributed by atoms with Gasteiger partial charge in [-0.15, -0.1) is 0 Å². The third kappa shape index (κ3) is 6.40. The van der Waals surface area contributed by atoms with Crippen LogP contribution in [-0.2, 0) is 19.2 Å². The van der Waals surface area contributed by atoms with Gasteiger partial charge in [-0.1, -0.05) is 34.1 Å². The Morgan fingerprint density at radius 2 is 1.76 bits per heavy atom. The van der Waals surface area contributed by atoms with Crippen molar-refractivity contribution in [1.29, 1.82) is 0 Å². The molecule has 1 aliphatic rings. The molecule has 10 nitrogen and oxygen atoms in total. The van der Waals surface area contributed by atoms with Gasteiger partial charge in [0.05, 0.1) is 12.6 Å². The number of hydrogen-bond donors (Lipinski definition) is 5. The van der Waals surface area contributed by atoms with Gasteiger partial charge in [-0.05, 0) is 24.7 Å². The minimum absolute atomic E-state index is 0.106. The summed E-state index contributed by atoms with van der Waals surface area (Å²) in [5.41, 5.74) is 5.86. The number of nitrogens with zero attached hydrogens (tertiary/aromatic N) is 1. The van der Waals surface area contributed by atoms with E-state index in [9.17, 15) is 29.4 Å². The zero-order chi connectivity index (χ0) is 22.3. The molecule has 0 bridgehead atoms. The number of amides is 3. The molecule has 0 aliphatic carbocycles. The molecule has 166 valence electrons. The van der Waals surface area contributed by atoms with Crippen molar-refractivity contribution < 1.29 is 29.4 Å². The topological polar surface area (TPSA) is 162 Å². The van der Waals surface area contributed by atoms with Crippen LogP contribution in [0.3, 0.4) is 0 Å². The van der Waals surface area contributed by atoms with Gasteiger partial charge >= 0.3 is 5.97 Å². The predicted octanol–water partition coefficient (Wildman–Crippen LogP) is -0.947. The van der Waals surface area contributed by atoms with Gasteiger partial charge in [-0.3, -0.25) is 14.4 Å². The Kier molecular flexibility index (Phi) is 9.51. The van der Waals surface area contributed by atoms with Crippen LogP contribution in [0.15, 0.2) is 0 Å². The summed E-state index contributed by atoms with van der Waals surface area (Å²) in [7, 11) is 0. The number of nitrogens with one attached hydrogen (secondary N) is 2. The van der Waals surface area contributed by atoms with Gasteiger partial charge in [-0.25, -0.2) is 4.79 Å². The van der Waals surface area contributed by atoms with Gasteiger partial charge in [0, 0.05) is 6.54 Å². The van der Waals surface area contributed by atoms with E-state index in [4.69, 9.17) is 5.73 Å². The molecule has 0 aromatic carbocycles. The number of carboxylic acids is 1. The molecule has 29 heavy (non-hydrogen) atoms. The molecule has 1 aliphatic heterocycles. The number of carbonyl (C=O) groups is 4. The molecule has 0 radical (unpaired) electrons. The number of nitrogens with two attached hydrogens (primary N) is 1. The highest BCUT2D eigenvalue weighted by molar-refractivity contribution is 5.94. The standard InChI is InChI=1S/C19H34N4O6/c1-5-11(4)14(20)17(26)21-12(9-24)16(25)22-15(10(2)3)18(27)23-8-6-7-13(23)19(28)29/h10-15,24H,5-9,20H2,1-4H3,(H,21,26)(H,22,25)(H,28,29). The minimum atomic E-state index is -1.26. The van der Waals surface area contributed by atoms with Crippen molar-refractivity contribution in [3.05, 3.63) is 0 Å². The maximum Gasteiger partial charge on any atom is 0.326 e. The third-order valence-corrected chi connectivity index (χ3v) is 5.43. The number of likely N-dealkylation sites (tertiary alicyclic amines) is 1. The van der Waals surface area contributed by atoms with Crippen molar-refractivity contribution >= 4 is 23.7 Å². The first-order valence-electron chi connectivity index (χ1n) is 10.1. The molecular formula is C19H34N4O6. The van der Waals surface area contributed by atoms with E-state index in [1.807, 2.05) is 6.92 Å². The molecule has 0 spiro atoms. The Hall–Kier alpha value is -2.20. The maximum absolute atomic E-state index is 12.9. The lowest BCUT2D eigenvalue weighted by Gasteiger charge is -2.30. The monoisotopic (exact) mass is 414 g/mol. The van der Waals surface area contributed by atoms with Gasteiger partial charge in [0.1, 0.15) is 18.1 Å². The lowest BCUT2D eigenvalue weighted by Crippen LogP contribution is -2.59. The van der Waals surface area contributed by atoms with Crippen LogP contribution in [0, 0.1) is 11.8 Å². The Balaban J connectivity index is 2.86. The molecule has 0 aromatic heterocycles. The van der Waals surface area contributed by atoms with Crippen molar-refractivity contribution in [3.8, 4) is 0 Å². The van der Waals surface area contributed by atoms with Crippen LogP contribution in [0.4, 0.5) is 0 Å². The summed E-state index contributed by atoms with van der Waals surface area (Å²) in [5.74, 6) is -3.28. The number of hydrogen-bond acceptors (Lipinski definition) is 6. The van der Waals surface area contributed by atoms with Crippen LogP contribution in [0.25, 0.3) is 0 Å². The van der Waals surface area contributed by atoms with E-state index in [1.54, 1.807) is 20.8 Å². The number of aliphatic carboxylic acids is 1. The van der Waals surface area contributed by atoms with E-state index < -0.39 is 54.5 Å². The van der Waals surface area contributed by atoms with Crippen LogP contribution in [0.2, 0.25) is 0 Å². The second kappa shape index (κ2) is 11.1. The third-order valence-electron chi connectivity index (χ3n) is 5.43. The van der Waals surface area contributed by atoms with E-state index in [0.29, 0.717) is 25.8 Å². The maximum atomic E-state index is 12.9.